The summed E-state index contributed by atoms with van der Waals surface area (Å²) in [5, 5.41) is 16.0. The number of piperidine rings is 1. The van der Waals surface area contributed by atoms with Crippen molar-refractivity contribution in [3.05, 3.63) is 106 Å². The molecule has 2 aromatic carbocycles. The maximum Gasteiger partial charge on any atom is 0.270 e. The summed E-state index contributed by atoms with van der Waals surface area (Å²) < 4.78 is 6.37. The summed E-state index contributed by atoms with van der Waals surface area (Å²) in [6.07, 6.45) is 4.05. The van der Waals surface area contributed by atoms with Crippen LogP contribution in [0.2, 0.25) is 5.02 Å². The minimum Gasteiger partial charge on any atom is -0.459 e. The molecule has 8 nitrogen and oxygen atoms in total. The minimum absolute atomic E-state index is 0.00467. The zero-order valence-electron chi connectivity index (χ0n) is 21.9. The average Bonchev–Trinajstić information content (AvgIpc) is 3.59. The number of nitro groups is 1. The molecule has 1 N–H and O–H groups in total. The Kier molecular flexibility index (Phi) is 7.16. The molecule has 4 aromatic rings. The fourth-order valence-electron chi connectivity index (χ4n) is 5.51. The molecular formula is C30H28ClN5O3S. The first-order valence-electron chi connectivity index (χ1n) is 13.3. The van der Waals surface area contributed by atoms with Gasteiger partial charge in [-0.1, -0.05) is 36.7 Å². The Bertz CT molecular complexity index is 1550. The Morgan fingerprint density at radius 1 is 1.07 bits per heavy atom. The zero-order valence-corrected chi connectivity index (χ0v) is 23.4. The van der Waals surface area contributed by atoms with Gasteiger partial charge in [-0.15, -0.1) is 0 Å². The number of furan rings is 1. The summed E-state index contributed by atoms with van der Waals surface area (Å²) in [5.74, 6) is 1.91. The summed E-state index contributed by atoms with van der Waals surface area (Å²) in [5.41, 5.74) is 3.31. The molecule has 204 valence electrons. The van der Waals surface area contributed by atoms with Crippen molar-refractivity contribution >= 4 is 46.0 Å². The number of aromatic nitrogens is 1. The van der Waals surface area contributed by atoms with Crippen molar-refractivity contribution < 1.29 is 9.34 Å². The third kappa shape index (κ3) is 5.02. The predicted octanol–water partition coefficient (Wildman–Crippen LogP) is 7.32. The molecule has 4 heterocycles. The van der Waals surface area contributed by atoms with Crippen LogP contribution in [-0.4, -0.2) is 28.1 Å². The molecule has 2 saturated heterocycles. The van der Waals surface area contributed by atoms with Crippen molar-refractivity contribution in [3.8, 4) is 11.3 Å². The molecule has 2 fully saturated rings. The zero-order chi connectivity index (χ0) is 27.8. The summed E-state index contributed by atoms with van der Waals surface area (Å²) in [7, 11) is 0. The molecule has 0 aliphatic carbocycles. The summed E-state index contributed by atoms with van der Waals surface area (Å²) >= 11 is 12.7. The van der Waals surface area contributed by atoms with E-state index in [1.54, 1.807) is 18.3 Å². The van der Waals surface area contributed by atoms with Crippen molar-refractivity contribution in [3.63, 3.8) is 0 Å². The molecule has 0 bridgehead atoms. The molecule has 2 aliphatic heterocycles. The number of halogens is 1. The van der Waals surface area contributed by atoms with E-state index >= 15 is 0 Å². The summed E-state index contributed by atoms with van der Waals surface area (Å²) in [6, 6.07) is 21.3. The second-order valence-corrected chi connectivity index (χ2v) is 11.1. The van der Waals surface area contributed by atoms with Gasteiger partial charge in [0.2, 0.25) is 0 Å². The van der Waals surface area contributed by atoms with E-state index in [4.69, 9.17) is 28.2 Å². The fraction of sp³-hybridized carbons (Fsp3) is 0.267. The normalized spacial score (nSPS) is 19.6. The smallest absolute Gasteiger partial charge is 0.270 e. The first kappa shape index (κ1) is 26.3. The lowest BCUT2D eigenvalue weighted by Gasteiger charge is -2.33. The number of hydrogen-bond donors (Lipinski definition) is 1. The van der Waals surface area contributed by atoms with Crippen LogP contribution in [0.3, 0.4) is 0 Å². The lowest BCUT2D eigenvalue weighted by atomic mass is 9.98. The third-order valence-corrected chi connectivity index (χ3v) is 8.31. The molecule has 0 saturated carbocycles. The van der Waals surface area contributed by atoms with E-state index in [0.29, 0.717) is 27.2 Å². The van der Waals surface area contributed by atoms with Crippen LogP contribution in [0, 0.1) is 16.0 Å². The Morgan fingerprint density at radius 3 is 2.62 bits per heavy atom. The molecular weight excluding hydrogens is 546 g/mol. The number of anilines is 2. The number of nitrogens with zero attached hydrogens (tertiary/aromatic N) is 4. The largest absolute Gasteiger partial charge is 0.459 e. The van der Waals surface area contributed by atoms with Crippen LogP contribution in [0.5, 0.6) is 0 Å². The van der Waals surface area contributed by atoms with Gasteiger partial charge in [0.1, 0.15) is 17.6 Å². The number of thiocarbonyl (C=S) groups is 1. The van der Waals surface area contributed by atoms with Gasteiger partial charge in [0.15, 0.2) is 5.11 Å². The quantitative estimate of drug-likeness (QED) is 0.146. The minimum atomic E-state index is -0.413. The van der Waals surface area contributed by atoms with E-state index in [-0.39, 0.29) is 17.8 Å². The van der Waals surface area contributed by atoms with Gasteiger partial charge < -0.3 is 19.5 Å². The first-order valence-corrected chi connectivity index (χ1v) is 14.1. The van der Waals surface area contributed by atoms with Gasteiger partial charge in [-0.2, -0.15) is 0 Å². The van der Waals surface area contributed by atoms with Crippen LogP contribution in [0.4, 0.5) is 17.1 Å². The van der Waals surface area contributed by atoms with Gasteiger partial charge >= 0.3 is 0 Å². The van der Waals surface area contributed by atoms with Crippen LogP contribution in [0.15, 0.2) is 83.4 Å². The summed E-state index contributed by atoms with van der Waals surface area (Å²) in [6.45, 7) is 4.27. The van der Waals surface area contributed by atoms with Crippen LogP contribution >= 0.6 is 23.8 Å². The van der Waals surface area contributed by atoms with Crippen LogP contribution in [0.1, 0.15) is 43.3 Å². The third-order valence-electron chi connectivity index (χ3n) is 7.69. The van der Waals surface area contributed by atoms with Crippen molar-refractivity contribution in [1.29, 1.82) is 0 Å². The van der Waals surface area contributed by atoms with Crippen LogP contribution < -0.4 is 15.1 Å². The molecule has 0 amide bonds. The van der Waals surface area contributed by atoms with Gasteiger partial charge in [-0.05, 0) is 73.4 Å². The lowest BCUT2D eigenvalue weighted by Crippen LogP contribution is -2.33. The van der Waals surface area contributed by atoms with E-state index in [2.05, 4.69) is 28.2 Å². The maximum atomic E-state index is 11.3. The second-order valence-electron chi connectivity index (χ2n) is 10.3. The van der Waals surface area contributed by atoms with Crippen molar-refractivity contribution in [2.24, 2.45) is 5.92 Å². The standard InChI is InChI=1S/C30H28ClN5O3S/c1-19-12-15-34(16-13-19)25-9-8-21(18-23(25)31)35-29(28(33-30(35)40)24-7-2-3-14-32-24)27-11-10-26(39-27)20-5-4-6-22(17-20)36(37)38/h2-11,14,17-19,28-29H,12-13,15-16H2,1H3,(H,33,40)/t28-,29-/m1/s1. The SMILES string of the molecule is CC1CCN(c2ccc(N3C(=S)N[C@H](c4ccccn4)[C@H]3c3ccc(-c4cccc([N+](=O)[O-])c4)o3)cc2Cl)CC1. The molecule has 6 rings (SSSR count). The van der Waals surface area contributed by atoms with Crippen molar-refractivity contribution in [2.75, 3.05) is 22.9 Å². The number of benzene rings is 2. The molecule has 0 radical (unpaired) electrons. The Hall–Kier alpha value is -3.95. The summed E-state index contributed by atoms with van der Waals surface area (Å²) in [4.78, 5) is 19.9. The van der Waals surface area contributed by atoms with E-state index in [0.717, 1.165) is 48.9 Å². The van der Waals surface area contributed by atoms with E-state index in [9.17, 15) is 10.1 Å². The monoisotopic (exact) mass is 573 g/mol. The highest BCUT2D eigenvalue weighted by Gasteiger charge is 2.43. The second kappa shape index (κ2) is 10.9. The molecule has 2 aromatic heterocycles. The van der Waals surface area contributed by atoms with Gasteiger partial charge in [-0.25, -0.2) is 0 Å². The highest BCUT2D eigenvalue weighted by molar-refractivity contribution is 7.80. The number of nitro benzene ring substituents is 1. The molecule has 2 aliphatic rings. The fourth-order valence-corrected chi connectivity index (χ4v) is 6.15. The highest BCUT2D eigenvalue weighted by atomic mass is 35.5. The molecule has 40 heavy (non-hydrogen) atoms. The van der Waals surface area contributed by atoms with Crippen LogP contribution in [-0.2, 0) is 0 Å². The Labute approximate surface area is 242 Å². The van der Waals surface area contributed by atoms with Crippen molar-refractivity contribution in [1.82, 2.24) is 10.3 Å². The Morgan fingerprint density at radius 2 is 1.90 bits per heavy atom. The van der Waals surface area contributed by atoms with Crippen LogP contribution in [0.25, 0.3) is 11.3 Å². The van der Waals surface area contributed by atoms with Gasteiger partial charge in [0, 0.05) is 42.7 Å². The van der Waals surface area contributed by atoms with Gasteiger partial charge in [0.25, 0.3) is 5.69 Å². The number of non-ortho nitro benzene ring substituents is 1. The molecule has 2 atom stereocenters. The number of pyridine rings is 1. The van der Waals surface area contributed by atoms with E-state index < -0.39 is 4.92 Å². The Balaban J connectivity index is 1.38. The van der Waals surface area contributed by atoms with Crippen molar-refractivity contribution in [2.45, 2.75) is 31.8 Å². The lowest BCUT2D eigenvalue weighted by molar-refractivity contribution is -0.384. The maximum absolute atomic E-state index is 11.3. The number of hydrogen-bond acceptors (Lipinski definition) is 6. The first-order chi connectivity index (χ1) is 19.4. The van der Waals surface area contributed by atoms with Gasteiger partial charge in [0.05, 0.1) is 27.4 Å². The number of rotatable bonds is 6. The molecule has 10 heteroatoms. The average molecular weight is 574 g/mol. The highest BCUT2D eigenvalue weighted by Crippen LogP contribution is 2.44. The van der Waals surface area contributed by atoms with E-state index in [1.165, 1.54) is 12.1 Å². The topological polar surface area (TPSA) is 87.7 Å². The predicted molar refractivity (Wildman–Crippen MR) is 161 cm³/mol. The molecule has 0 spiro atoms. The van der Waals surface area contributed by atoms with Gasteiger partial charge in [-0.3, -0.25) is 15.1 Å². The molecule has 0 unspecified atom stereocenters. The number of nitrogens with one attached hydrogen (secondary N) is 1. The van der Waals surface area contributed by atoms with E-state index in [1.807, 2.05) is 47.4 Å².